The number of hydrogen-bond donors (Lipinski definition) is 1. The van der Waals surface area contributed by atoms with Gasteiger partial charge in [0.1, 0.15) is 0 Å². The molecule has 1 N–H and O–H groups in total. The Morgan fingerprint density at radius 3 is 2.85 bits per heavy atom. The average molecular weight is 280 g/mol. The Balaban J connectivity index is 1.95. The van der Waals surface area contributed by atoms with Crippen molar-refractivity contribution < 1.29 is 4.74 Å². The van der Waals surface area contributed by atoms with Crippen molar-refractivity contribution in [1.29, 1.82) is 0 Å². The summed E-state index contributed by atoms with van der Waals surface area (Å²) in [5, 5.41) is 8.06. The molecule has 1 aliphatic rings. The maximum atomic E-state index is 5.48. The van der Waals surface area contributed by atoms with Gasteiger partial charge in [-0.15, -0.1) is 0 Å². The normalized spacial score (nSPS) is 16.6. The Kier molecular flexibility index (Phi) is 5.43. The summed E-state index contributed by atoms with van der Waals surface area (Å²) in [6, 6.07) is 0.780. The van der Waals surface area contributed by atoms with Gasteiger partial charge in [-0.25, -0.2) is 0 Å². The van der Waals surface area contributed by atoms with Crippen LogP contribution in [0.4, 0.5) is 0 Å². The minimum Gasteiger partial charge on any atom is -0.493 e. The van der Waals surface area contributed by atoms with E-state index in [-0.39, 0.29) is 0 Å². The molecule has 1 fully saturated rings. The van der Waals surface area contributed by atoms with Gasteiger partial charge >= 0.3 is 0 Å². The third-order valence-electron chi connectivity index (χ3n) is 3.88. The predicted octanol–water partition coefficient (Wildman–Crippen LogP) is 1.70. The second-order valence-corrected chi connectivity index (χ2v) is 6.04. The minimum absolute atomic E-state index is 0.459. The average Bonchev–Trinajstić information content (AvgIpc) is 3.14. The Morgan fingerprint density at radius 2 is 2.25 bits per heavy atom. The number of hydrogen-bond acceptors (Lipinski definition) is 4. The molecule has 20 heavy (non-hydrogen) atoms. The lowest BCUT2D eigenvalue weighted by Gasteiger charge is -2.17. The molecule has 0 aromatic carbocycles. The van der Waals surface area contributed by atoms with Crippen LogP contribution in [0.2, 0.25) is 0 Å². The first kappa shape index (κ1) is 15.3. The molecule has 1 saturated carbocycles. The van der Waals surface area contributed by atoms with Crippen LogP contribution in [0.3, 0.4) is 0 Å². The molecular formula is C15H28N4O. The maximum absolute atomic E-state index is 5.48. The molecular weight excluding hydrogens is 252 g/mol. The van der Waals surface area contributed by atoms with Crippen LogP contribution in [0.15, 0.2) is 6.20 Å². The van der Waals surface area contributed by atoms with Crippen LogP contribution in [0.5, 0.6) is 5.75 Å². The number of likely N-dealkylation sites (N-methyl/N-ethyl adjacent to an activating group) is 1. The van der Waals surface area contributed by atoms with E-state index >= 15 is 0 Å². The summed E-state index contributed by atoms with van der Waals surface area (Å²) in [5.74, 6) is 1.38. The predicted molar refractivity (Wildman–Crippen MR) is 81.4 cm³/mol. The lowest BCUT2D eigenvalue weighted by molar-refractivity contribution is 0.360. The fourth-order valence-electron chi connectivity index (χ4n) is 2.43. The maximum Gasteiger partial charge on any atom is 0.160 e. The molecule has 1 aliphatic carbocycles. The summed E-state index contributed by atoms with van der Waals surface area (Å²) < 4.78 is 7.57. The molecule has 1 heterocycles. The molecule has 0 amide bonds. The number of ether oxygens (including phenoxy) is 1. The number of rotatable bonds is 9. The fraction of sp³-hybridized carbons (Fsp3) is 0.800. The van der Waals surface area contributed by atoms with E-state index in [1.54, 1.807) is 7.11 Å². The largest absolute Gasteiger partial charge is 0.493 e. The second kappa shape index (κ2) is 7.09. The van der Waals surface area contributed by atoms with Crippen molar-refractivity contribution in [3.05, 3.63) is 11.9 Å². The zero-order valence-electron chi connectivity index (χ0n) is 13.2. The van der Waals surface area contributed by atoms with Gasteiger partial charge in [-0.2, -0.15) is 5.10 Å². The first-order valence-corrected chi connectivity index (χ1v) is 7.59. The van der Waals surface area contributed by atoms with Gasteiger partial charge < -0.3 is 15.0 Å². The number of nitrogens with zero attached hydrogens (tertiary/aromatic N) is 3. The van der Waals surface area contributed by atoms with Crippen molar-refractivity contribution in [2.45, 2.75) is 44.7 Å². The molecule has 2 rings (SSSR count). The molecule has 0 saturated heterocycles. The zero-order valence-corrected chi connectivity index (χ0v) is 13.2. The molecule has 0 spiro atoms. The van der Waals surface area contributed by atoms with Crippen molar-refractivity contribution in [3.63, 3.8) is 0 Å². The summed E-state index contributed by atoms with van der Waals surface area (Å²) in [7, 11) is 5.90. The zero-order chi connectivity index (χ0) is 14.5. The van der Waals surface area contributed by atoms with E-state index < -0.39 is 0 Å². The Morgan fingerprint density at radius 1 is 1.50 bits per heavy atom. The Labute approximate surface area is 122 Å². The second-order valence-electron chi connectivity index (χ2n) is 6.04. The number of methoxy groups -OCH3 is 1. The Bertz CT molecular complexity index is 412. The van der Waals surface area contributed by atoms with Gasteiger partial charge in [-0.3, -0.25) is 4.68 Å². The standard InChI is InChI=1S/C15H28N4O/c1-12(7-8-16-13-5-6-13)15-14(20-4)11-17-19(15)10-9-18(2)3/h11-13,16H,5-10H2,1-4H3. The summed E-state index contributed by atoms with van der Waals surface area (Å²) in [4.78, 5) is 2.18. The monoisotopic (exact) mass is 280 g/mol. The fourth-order valence-corrected chi connectivity index (χ4v) is 2.43. The third kappa shape index (κ3) is 4.21. The van der Waals surface area contributed by atoms with E-state index in [4.69, 9.17) is 4.74 Å². The van der Waals surface area contributed by atoms with E-state index in [2.05, 4.69) is 41.0 Å². The molecule has 114 valence electrons. The van der Waals surface area contributed by atoms with Crippen molar-refractivity contribution in [3.8, 4) is 5.75 Å². The molecule has 0 bridgehead atoms. The molecule has 0 aliphatic heterocycles. The van der Waals surface area contributed by atoms with Crippen LogP contribution in [-0.2, 0) is 6.54 Å². The molecule has 1 unspecified atom stereocenters. The minimum atomic E-state index is 0.459. The number of nitrogens with one attached hydrogen (secondary N) is 1. The quantitative estimate of drug-likeness (QED) is 0.747. The van der Waals surface area contributed by atoms with E-state index in [0.29, 0.717) is 5.92 Å². The van der Waals surface area contributed by atoms with Gasteiger partial charge in [0.05, 0.1) is 25.5 Å². The molecule has 5 nitrogen and oxygen atoms in total. The highest BCUT2D eigenvalue weighted by molar-refractivity contribution is 5.28. The first-order valence-electron chi connectivity index (χ1n) is 7.59. The van der Waals surface area contributed by atoms with Crippen LogP contribution in [0.1, 0.15) is 37.8 Å². The van der Waals surface area contributed by atoms with Crippen LogP contribution >= 0.6 is 0 Å². The van der Waals surface area contributed by atoms with Crippen LogP contribution in [0.25, 0.3) is 0 Å². The van der Waals surface area contributed by atoms with Crippen molar-refractivity contribution in [1.82, 2.24) is 20.0 Å². The van der Waals surface area contributed by atoms with Crippen molar-refractivity contribution in [2.24, 2.45) is 0 Å². The highest BCUT2D eigenvalue weighted by Crippen LogP contribution is 2.28. The van der Waals surface area contributed by atoms with Gasteiger partial charge in [-0.1, -0.05) is 6.92 Å². The van der Waals surface area contributed by atoms with E-state index in [9.17, 15) is 0 Å². The Hall–Kier alpha value is -1.07. The van der Waals surface area contributed by atoms with E-state index in [1.165, 1.54) is 18.5 Å². The van der Waals surface area contributed by atoms with Gasteiger partial charge in [0.2, 0.25) is 0 Å². The topological polar surface area (TPSA) is 42.3 Å². The lowest BCUT2D eigenvalue weighted by atomic mass is 10.0. The van der Waals surface area contributed by atoms with Crippen LogP contribution in [-0.4, -0.2) is 55.0 Å². The van der Waals surface area contributed by atoms with Crippen LogP contribution < -0.4 is 10.1 Å². The van der Waals surface area contributed by atoms with Gasteiger partial charge in [0.25, 0.3) is 0 Å². The summed E-state index contributed by atoms with van der Waals surface area (Å²) >= 11 is 0. The van der Waals surface area contributed by atoms with Crippen molar-refractivity contribution in [2.75, 3.05) is 34.3 Å². The number of aromatic nitrogens is 2. The highest BCUT2D eigenvalue weighted by atomic mass is 16.5. The lowest BCUT2D eigenvalue weighted by Crippen LogP contribution is -2.22. The van der Waals surface area contributed by atoms with Gasteiger partial charge in [0, 0.05) is 18.5 Å². The van der Waals surface area contributed by atoms with E-state index in [1.807, 2.05) is 6.20 Å². The SMILES string of the molecule is COc1cnn(CCN(C)C)c1C(C)CCNC1CC1. The molecule has 1 atom stereocenters. The molecule has 0 radical (unpaired) electrons. The molecule has 1 aromatic rings. The van der Waals surface area contributed by atoms with Gasteiger partial charge in [0.15, 0.2) is 5.75 Å². The van der Waals surface area contributed by atoms with E-state index in [0.717, 1.165) is 37.8 Å². The highest BCUT2D eigenvalue weighted by Gasteiger charge is 2.22. The summed E-state index contributed by atoms with van der Waals surface area (Å²) in [6.45, 7) is 5.24. The molecule has 5 heteroatoms. The first-order chi connectivity index (χ1) is 9.61. The van der Waals surface area contributed by atoms with Crippen LogP contribution in [0, 0.1) is 0 Å². The molecule has 1 aromatic heterocycles. The summed E-state index contributed by atoms with van der Waals surface area (Å²) in [6.07, 6.45) is 5.66. The smallest absolute Gasteiger partial charge is 0.160 e. The van der Waals surface area contributed by atoms with Gasteiger partial charge in [-0.05, 0) is 39.9 Å². The van der Waals surface area contributed by atoms with Crippen molar-refractivity contribution >= 4 is 0 Å². The third-order valence-corrected chi connectivity index (χ3v) is 3.88. The summed E-state index contributed by atoms with van der Waals surface area (Å²) in [5.41, 5.74) is 1.23.